The molecular weight excluding hydrogens is 564 g/mol. The maximum Gasteiger partial charge on any atom is 0.338 e. The van der Waals surface area contributed by atoms with Crippen molar-refractivity contribution in [2.45, 2.75) is 95.3 Å². The van der Waals surface area contributed by atoms with Crippen LogP contribution >= 0.6 is 0 Å². The lowest BCUT2D eigenvalue weighted by Gasteiger charge is -2.65. The van der Waals surface area contributed by atoms with Crippen LogP contribution in [0.5, 0.6) is 0 Å². The third kappa shape index (κ3) is 4.45. The topological polar surface area (TPSA) is 189 Å². The Balaban J connectivity index is 1.88. The summed E-state index contributed by atoms with van der Waals surface area (Å²) in [5, 5.41) is 59.2. The first kappa shape index (κ1) is 31.6. The van der Waals surface area contributed by atoms with Crippen LogP contribution in [0, 0.1) is 16.7 Å². The molecule has 12 heteroatoms. The van der Waals surface area contributed by atoms with Gasteiger partial charge in [-0.05, 0) is 50.5 Å². The summed E-state index contributed by atoms with van der Waals surface area (Å²) in [6, 6.07) is 8.00. The van der Waals surface area contributed by atoms with Crippen LogP contribution in [0.3, 0.4) is 0 Å². The van der Waals surface area contributed by atoms with Crippen molar-refractivity contribution in [1.29, 1.82) is 0 Å². The van der Waals surface area contributed by atoms with Gasteiger partial charge in [-0.25, -0.2) is 4.79 Å². The van der Waals surface area contributed by atoms with Crippen LogP contribution in [0.4, 0.5) is 0 Å². The number of esters is 3. The van der Waals surface area contributed by atoms with Crippen molar-refractivity contribution in [2.24, 2.45) is 16.7 Å². The maximum atomic E-state index is 13.9. The van der Waals surface area contributed by atoms with E-state index < -0.39 is 89.1 Å². The van der Waals surface area contributed by atoms with E-state index in [0.29, 0.717) is 0 Å². The van der Waals surface area contributed by atoms with Crippen molar-refractivity contribution in [1.82, 2.24) is 0 Å². The lowest BCUT2D eigenvalue weighted by atomic mass is 9.49. The fourth-order valence-corrected chi connectivity index (χ4v) is 8.31. The highest BCUT2D eigenvalue weighted by molar-refractivity contribution is 5.89. The molecule has 2 saturated carbocycles. The van der Waals surface area contributed by atoms with Gasteiger partial charge in [0.1, 0.15) is 24.9 Å². The zero-order valence-electron chi connectivity index (χ0n) is 24.9. The summed E-state index contributed by atoms with van der Waals surface area (Å²) >= 11 is 0. The number of rotatable bonds is 6. The Morgan fingerprint density at radius 2 is 1.70 bits per heavy atom. The predicted molar refractivity (Wildman–Crippen MR) is 147 cm³/mol. The van der Waals surface area contributed by atoms with Gasteiger partial charge in [0.15, 0.2) is 5.60 Å². The summed E-state index contributed by atoms with van der Waals surface area (Å²) < 4.78 is 23.6. The number of hydrogen-bond donors (Lipinski definition) is 5. The van der Waals surface area contributed by atoms with Gasteiger partial charge in [-0.1, -0.05) is 18.2 Å². The third-order valence-electron chi connectivity index (χ3n) is 10.3. The Morgan fingerprint density at radius 1 is 1.05 bits per heavy atom. The monoisotopic (exact) mass is 604 g/mol. The second-order valence-corrected chi connectivity index (χ2v) is 12.9. The molecule has 0 amide bonds. The fourth-order valence-electron chi connectivity index (χ4n) is 8.31. The van der Waals surface area contributed by atoms with Crippen molar-refractivity contribution in [2.75, 3.05) is 13.2 Å². The van der Waals surface area contributed by atoms with E-state index in [1.165, 1.54) is 32.9 Å². The van der Waals surface area contributed by atoms with E-state index in [2.05, 4.69) is 0 Å². The van der Waals surface area contributed by atoms with Crippen LogP contribution in [0.2, 0.25) is 0 Å². The molecule has 5 rings (SSSR count). The van der Waals surface area contributed by atoms with Crippen molar-refractivity contribution >= 4 is 17.9 Å². The van der Waals surface area contributed by atoms with Gasteiger partial charge in [-0.15, -0.1) is 0 Å². The molecule has 1 aromatic carbocycles. The van der Waals surface area contributed by atoms with Gasteiger partial charge in [0.25, 0.3) is 0 Å². The summed E-state index contributed by atoms with van der Waals surface area (Å²) in [4.78, 5) is 38.7. The highest BCUT2D eigenvalue weighted by Gasteiger charge is 2.80. The smallest absolute Gasteiger partial charge is 0.338 e. The summed E-state index contributed by atoms with van der Waals surface area (Å²) in [5.41, 5.74) is -6.86. The first-order valence-corrected chi connectivity index (χ1v) is 14.4. The molecular formula is C31H40O12. The Labute approximate surface area is 249 Å². The normalized spacial score (nSPS) is 40.3. The highest BCUT2D eigenvalue weighted by atomic mass is 16.6. The average Bonchev–Trinajstić information content (AvgIpc) is 3.17. The van der Waals surface area contributed by atoms with E-state index in [1.54, 1.807) is 25.1 Å². The number of hydrogen-bond acceptors (Lipinski definition) is 12. The molecule has 1 saturated heterocycles. The summed E-state index contributed by atoms with van der Waals surface area (Å²) in [6.45, 7) is 5.84. The van der Waals surface area contributed by atoms with Crippen LogP contribution in [-0.2, 0) is 28.5 Å². The van der Waals surface area contributed by atoms with Crippen LogP contribution in [0.1, 0.15) is 57.8 Å². The lowest BCUT2D eigenvalue weighted by molar-refractivity contribution is -0.358. The molecule has 12 nitrogen and oxygen atoms in total. The van der Waals surface area contributed by atoms with Crippen LogP contribution in [0.25, 0.3) is 0 Å². The number of benzene rings is 1. The Hall–Kier alpha value is -2.87. The van der Waals surface area contributed by atoms with E-state index in [9.17, 15) is 39.9 Å². The van der Waals surface area contributed by atoms with Crippen molar-refractivity contribution in [3.63, 3.8) is 0 Å². The van der Waals surface area contributed by atoms with Gasteiger partial charge < -0.3 is 44.5 Å². The zero-order valence-corrected chi connectivity index (χ0v) is 24.9. The molecule has 1 heterocycles. The number of carbonyl (C=O) groups is 3. The summed E-state index contributed by atoms with van der Waals surface area (Å²) in [5.74, 6) is -3.73. The Morgan fingerprint density at radius 3 is 2.23 bits per heavy atom. The lowest BCUT2D eigenvalue weighted by Crippen LogP contribution is -2.80. The van der Waals surface area contributed by atoms with Gasteiger partial charge in [0, 0.05) is 20.3 Å². The number of aliphatic hydroxyl groups excluding tert-OH is 4. The molecule has 3 fully saturated rings. The number of ether oxygens (including phenoxy) is 4. The largest absolute Gasteiger partial charge is 0.465 e. The zero-order chi connectivity index (χ0) is 31.7. The van der Waals surface area contributed by atoms with Gasteiger partial charge in [-0.3, -0.25) is 9.59 Å². The van der Waals surface area contributed by atoms with E-state index in [-0.39, 0.29) is 36.2 Å². The molecule has 0 radical (unpaired) electrons. The van der Waals surface area contributed by atoms with E-state index in [1.807, 2.05) is 0 Å². The molecule has 10 unspecified atom stereocenters. The molecule has 0 aromatic heterocycles. The molecule has 4 aliphatic rings. The van der Waals surface area contributed by atoms with E-state index >= 15 is 0 Å². The molecule has 0 spiro atoms. The minimum Gasteiger partial charge on any atom is -0.465 e. The van der Waals surface area contributed by atoms with Gasteiger partial charge in [0.05, 0.1) is 52.8 Å². The van der Waals surface area contributed by atoms with Crippen molar-refractivity contribution in [3.05, 3.63) is 47.0 Å². The molecule has 3 aliphatic carbocycles. The Bertz CT molecular complexity index is 1320. The van der Waals surface area contributed by atoms with Crippen molar-refractivity contribution < 1.29 is 58.9 Å². The minimum absolute atomic E-state index is 0.0319. The molecule has 1 aliphatic heterocycles. The van der Waals surface area contributed by atoms with Crippen LogP contribution in [0.15, 0.2) is 41.5 Å². The SMILES string of the molecule is CC(=O)OCC12C(O)CC3OCC3(OC(C)=O)C1C(OC(=O)c1ccccc1)C1(C(C)(C)O)CC(O)C(C)=C1C(O)C2O. The maximum absolute atomic E-state index is 13.9. The van der Waals surface area contributed by atoms with Gasteiger partial charge in [0.2, 0.25) is 0 Å². The first-order chi connectivity index (χ1) is 20.0. The van der Waals surface area contributed by atoms with Crippen molar-refractivity contribution in [3.8, 4) is 0 Å². The summed E-state index contributed by atoms with van der Waals surface area (Å²) in [6.07, 6.45) is -9.39. The average molecular weight is 605 g/mol. The van der Waals surface area contributed by atoms with E-state index in [0.717, 1.165) is 6.92 Å². The number of carbonyl (C=O) groups excluding carboxylic acids is 3. The van der Waals surface area contributed by atoms with Crippen LogP contribution in [-0.4, -0.2) is 104 Å². The quantitative estimate of drug-likeness (QED) is 0.171. The first-order valence-electron chi connectivity index (χ1n) is 14.4. The Kier molecular flexibility index (Phi) is 7.81. The number of aliphatic hydroxyl groups is 5. The molecule has 0 bridgehead atoms. The van der Waals surface area contributed by atoms with Gasteiger partial charge >= 0.3 is 17.9 Å². The fraction of sp³-hybridized carbons (Fsp3) is 0.645. The third-order valence-corrected chi connectivity index (χ3v) is 10.3. The van der Waals surface area contributed by atoms with E-state index in [4.69, 9.17) is 18.9 Å². The second kappa shape index (κ2) is 10.6. The highest BCUT2D eigenvalue weighted by Crippen LogP contribution is 2.67. The number of fused-ring (bicyclic) bond motifs is 4. The molecule has 43 heavy (non-hydrogen) atoms. The van der Waals surface area contributed by atoms with Crippen LogP contribution < -0.4 is 0 Å². The summed E-state index contributed by atoms with van der Waals surface area (Å²) in [7, 11) is 0. The standard InChI is InChI=1S/C31H40O12/c1-15-19(34)12-30(28(4,5)39)22(15)23(36)25(37)29(13-40-16(2)32)20(35)11-21-31(14-41-21,43-17(3)33)24(29)26(30)42-27(38)18-9-7-6-8-10-18/h6-10,19-21,23-26,34-37,39H,11-14H2,1-5H3. The molecule has 5 N–H and O–H groups in total. The molecule has 10 atom stereocenters. The minimum atomic E-state index is -2.00. The second-order valence-electron chi connectivity index (χ2n) is 12.9. The van der Waals surface area contributed by atoms with Gasteiger partial charge in [-0.2, -0.15) is 0 Å². The predicted octanol–water partition coefficient (Wildman–Crippen LogP) is 0.417. The molecule has 236 valence electrons. The molecule has 1 aromatic rings.